The van der Waals surface area contributed by atoms with E-state index in [9.17, 15) is 14.0 Å². The van der Waals surface area contributed by atoms with E-state index in [0.29, 0.717) is 30.8 Å². The molecule has 5 nitrogen and oxygen atoms in total. The standard InChI is InChI=1S/C22H25FN2O3/c1-2-24-20(26)15-28-19-10-8-18(9-11-19)25-21(27)22(12-3-4-13-22)16-6-5-7-17(23)14-16/h5-11,14H,2-4,12-13,15H2,1H3,(H,24,26)(H,25,27). The largest absolute Gasteiger partial charge is 0.484 e. The molecule has 0 saturated heterocycles. The summed E-state index contributed by atoms with van der Waals surface area (Å²) >= 11 is 0. The number of rotatable bonds is 7. The van der Waals surface area contributed by atoms with Crippen molar-refractivity contribution in [1.82, 2.24) is 5.32 Å². The van der Waals surface area contributed by atoms with Gasteiger partial charge in [-0.05, 0) is 61.7 Å². The van der Waals surface area contributed by atoms with Gasteiger partial charge < -0.3 is 15.4 Å². The molecule has 0 atom stereocenters. The summed E-state index contributed by atoms with van der Waals surface area (Å²) in [6, 6.07) is 13.2. The van der Waals surface area contributed by atoms with Gasteiger partial charge in [0.05, 0.1) is 5.41 Å². The molecule has 1 saturated carbocycles. The Morgan fingerprint density at radius 1 is 1.11 bits per heavy atom. The normalized spacial score (nSPS) is 15.1. The van der Waals surface area contributed by atoms with Crippen molar-refractivity contribution in [2.45, 2.75) is 38.0 Å². The number of hydrogen-bond acceptors (Lipinski definition) is 3. The monoisotopic (exact) mass is 384 g/mol. The van der Waals surface area contributed by atoms with Gasteiger partial charge in [0.15, 0.2) is 6.61 Å². The molecular weight excluding hydrogens is 359 g/mol. The number of nitrogens with one attached hydrogen (secondary N) is 2. The fraction of sp³-hybridized carbons (Fsp3) is 0.364. The SMILES string of the molecule is CCNC(=O)COc1ccc(NC(=O)C2(c3cccc(F)c3)CCCC2)cc1. The summed E-state index contributed by atoms with van der Waals surface area (Å²) in [6.45, 7) is 2.35. The van der Waals surface area contributed by atoms with E-state index in [1.807, 2.05) is 13.0 Å². The van der Waals surface area contributed by atoms with Crippen LogP contribution >= 0.6 is 0 Å². The Morgan fingerprint density at radius 2 is 1.82 bits per heavy atom. The highest BCUT2D eigenvalue weighted by Gasteiger charge is 2.42. The van der Waals surface area contributed by atoms with E-state index in [-0.39, 0.29) is 24.2 Å². The van der Waals surface area contributed by atoms with Crippen molar-refractivity contribution in [2.75, 3.05) is 18.5 Å². The summed E-state index contributed by atoms with van der Waals surface area (Å²) in [7, 11) is 0. The second-order valence-corrected chi connectivity index (χ2v) is 7.02. The van der Waals surface area contributed by atoms with Gasteiger partial charge in [-0.1, -0.05) is 25.0 Å². The van der Waals surface area contributed by atoms with Crippen LogP contribution in [0.15, 0.2) is 48.5 Å². The molecule has 1 aliphatic rings. The van der Waals surface area contributed by atoms with Crippen LogP contribution in [-0.2, 0) is 15.0 Å². The number of halogens is 1. The number of likely N-dealkylation sites (N-methyl/N-ethyl adjacent to an activating group) is 1. The zero-order valence-corrected chi connectivity index (χ0v) is 16.0. The van der Waals surface area contributed by atoms with Crippen LogP contribution in [0.1, 0.15) is 38.2 Å². The first-order valence-electron chi connectivity index (χ1n) is 9.60. The lowest BCUT2D eigenvalue weighted by Gasteiger charge is -2.28. The quantitative estimate of drug-likeness (QED) is 0.763. The Kier molecular flexibility index (Phi) is 6.29. The van der Waals surface area contributed by atoms with Crippen LogP contribution < -0.4 is 15.4 Å². The van der Waals surface area contributed by atoms with Crippen molar-refractivity contribution in [2.24, 2.45) is 0 Å². The highest BCUT2D eigenvalue weighted by molar-refractivity contribution is 5.99. The maximum absolute atomic E-state index is 13.7. The maximum atomic E-state index is 13.7. The van der Waals surface area contributed by atoms with Gasteiger partial charge in [0.2, 0.25) is 5.91 Å². The summed E-state index contributed by atoms with van der Waals surface area (Å²) < 4.78 is 19.1. The van der Waals surface area contributed by atoms with Gasteiger partial charge in [-0.25, -0.2) is 4.39 Å². The van der Waals surface area contributed by atoms with E-state index >= 15 is 0 Å². The number of benzene rings is 2. The van der Waals surface area contributed by atoms with Crippen molar-refractivity contribution >= 4 is 17.5 Å². The molecule has 1 fully saturated rings. The van der Waals surface area contributed by atoms with Crippen LogP contribution in [0.25, 0.3) is 0 Å². The zero-order valence-electron chi connectivity index (χ0n) is 16.0. The molecule has 2 aromatic carbocycles. The average Bonchev–Trinajstić information content (AvgIpc) is 3.19. The van der Waals surface area contributed by atoms with Gasteiger partial charge >= 0.3 is 0 Å². The highest BCUT2D eigenvalue weighted by atomic mass is 19.1. The Balaban J connectivity index is 1.68. The minimum Gasteiger partial charge on any atom is -0.484 e. The van der Waals surface area contributed by atoms with E-state index in [4.69, 9.17) is 4.74 Å². The number of anilines is 1. The first-order chi connectivity index (χ1) is 13.5. The smallest absolute Gasteiger partial charge is 0.257 e. The van der Waals surface area contributed by atoms with E-state index in [1.54, 1.807) is 30.3 Å². The third-order valence-electron chi connectivity index (χ3n) is 5.13. The summed E-state index contributed by atoms with van der Waals surface area (Å²) in [5, 5.41) is 5.62. The topological polar surface area (TPSA) is 67.4 Å². The van der Waals surface area contributed by atoms with Crippen molar-refractivity contribution in [3.8, 4) is 5.75 Å². The summed E-state index contributed by atoms with van der Waals surface area (Å²) in [6.07, 6.45) is 3.29. The molecule has 0 aliphatic heterocycles. The Hall–Kier alpha value is -2.89. The molecule has 0 heterocycles. The van der Waals surface area contributed by atoms with Crippen LogP contribution in [0.5, 0.6) is 5.75 Å². The number of amides is 2. The van der Waals surface area contributed by atoms with Gasteiger partial charge in [-0.2, -0.15) is 0 Å². The van der Waals surface area contributed by atoms with Crippen molar-refractivity contribution < 1.29 is 18.7 Å². The lowest BCUT2D eigenvalue weighted by atomic mass is 9.78. The summed E-state index contributed by atoms with van der Waals surface area (Å²) in [4.78, 5) is 24.6. The molecule has 0 radical (unpaired) electrons. The van der Waals surface area contributed by atoms with E-state index in [2.05, 4.69) is 10.6 Å². The number of carbonyl (C=O) groups is 2. The van der Waals surface area contributed by atoms with Crippen molar-refractivity contribution in [3.05, 3.63) is 59.9 Å². The molecule has 148 valence electrons. The van der Waals surface area contributed by atoms with Crippen LogP contribution in [0.4, 0.5) is 10.1 Å². The first kappa shape index (κ1) is 19.9. The van der Waals surface area contributed by atoms with Gasteiger partial charge in [0.25, 0.3) is 5.91 Å². The molecule has 2 N–H and O–H groups in total. The zero-order chi connectivity index (χ0) is 20.0. The Morgan fingerprint density at radius 3 is 2.46 bits per heavy atom. The third-order valence-corrected chi connectivity index (χ3v) is 5.13. The van der Waals surface area contributed by atoms with Gasteiger partial charge in [-0.15, -0.1) is 0 Å². The molecule has 3 rings (SSSR count). The molecule has 0 unspecified atom stereocenters. The fourth-order valence-corrected chi connectivity index (χ4v) is 3.69. The number of carbonyl (C=O) groups excluding carboxylic acids is 2. The van der Waals surface area contributed by atoms with Gasteiger partial charge in [0, 0.05) is 12.2 Å². The van der Waals surface area contributed by atoms with Crippen LogP contribution in [0.3, 0.4) is 0 Å². The lowest BCUT2D eigenvalue weighted by molar-refractivity contribution is -0.123. The summed E-state index contributed by atoms with van der Waals surface area (Å²) in [5.41, 5.74) is 0.664. The van der Waals surface area contributed by atoms with E-state index in [0.717, 1.165) is 18.4 Å². The molecule has 2 aromatic rings. The van der Waals surface area contributed by atoms with Crippen LogP contribution in [-0.4, -0.2) is 25.0 Å². The third kappa shape index (κ3) is 4.50. The fourth-order valence-electron chi connectivity index (χ4n) is 3.69. The Labute approximate surface area is 164 Å². The average molecular weight is 384 g/mol. The van der Waals surface area contributed by atoms with E-state index < -0.39 is 5.41 Å². The molecule has 0 bridgehead atoms. The van der Waals surface area contributed by atoms with Crippen molar-refractivity contribution in [1.29, 1.82) is 0 Å². The second-order valence-electron chi connectivity index (χ2n) is 7.02. The number of hydrogen-bond donors (Lipinski definition) is 2. The van der Waals surface area contributed by atoms with E-state index in [1.165, 1.54) is 12.1 Å². The molecule has 0 aromatic heterocycles. The minimum atomic E-state index is -0.699. The number of ether oxygens (including phenoxy) is 1. The minimum absolute atomic E-state index is 0.0533. The second kappa shape index (κ2) is 8.87. The molecule has 28 heavy (non-hydrogen) atoms. The maximum Gasteiger partial charge on any atom is 0.257 e. The predicted molar refractivity (Wildman–Crippen MR) is 106 cm³/mol. The molecule has 1 aliphatic carbocycles. The van der Waals surface area contributed by atoms with Crippen molar-refractivity contribution in [3.63, 3.8) is 0 Å². The molecule has 6 heteroatoms. The molecule has 0 spiro atoms. The lowest BCUT2D eigenvalue weighted by Crippen LogP contribution is -2.38. The van der Waals surface area contributed by atoms with Crippen LogP contribution in [0, 0.1) is 5.82 Å². The van der Waals surface area contributed by atoms with Gasteiger partial charge in [0.1, 0.15) is 11.6 Å². The summed E-state index contributed by atoms with van der Waals surface area (Å²) in [5.74, 6) is -0.0834. The predicted octanol–water partition coefficient (Wildman–Crippen LogP) is 3.79. The van der Waals surface area contributed by atoms with Crippen LogP contribution in [0.2, 0.25) is 0 Å². The molecule has 2 amide bonds. The first-order valence-corrected chi connectivity index (χ1v) is 9.60. The van der Waals surface area contributed by atoms with Gasteiger partial charge in [-0.3, -0.25) is 9.59 Å². The highest BCUT2D eigenvalue weighted by Crippen LogP contribution is 2.42. The Bertz CT molecular complexity index is 830. The molecular formula is C22H25FN2O3.